The topological polar surface area (TPSA) is 43.7 Å². The van der Waals surface area contributed by atoms with Crippen molar-refractivity contribution in [2.75, 3.05) is 6.54 Å². The number of phenolic OH excluding ortho intramolecular Hbond substituents is 2. The molecule has 2 aromatic rings. The Bertz CT molecular complexity index is 704. The zero-order chi connectivity index (χ0) is 15.8. The van der Waals surface area contributed by atoms with E-state index in [1.54, 1.807) is 6.07 Å². The summed E-state index contributed by atoms with van der Waals surface area (Å²) in [6.45, 7) is 2.15. The van der Waals surface area contributed by atoms with Gasteiger partial charge in [-0.05, 0) is 55.3 Å². The molecule has 2 N–H and O–H groups in total. The second-order valence-electron chi connectivity index (χ2n) is 6.81. The molecule has 4 rings (SSSR count). The Kier molecular flexibility index (Phi) is 5.16. The highest BCUT2D eigenvalue weighted by Crippen LogP contribution is 2.45. The molecule has 1 heterocycles. The van der Waals surface area contributed by atoms with Crippen molar-refractivity contribution in [2.24, 2.45) is 0 Å². The van der Waals surface area contributed by atoms with Crippen LogP contribution in [0.15, 0.2) is 42.5 Å². The molecule has 1 saturated heterocycles. The lowest BCUT2D eigenvalue weighted by molar-refractivity contribution is 0.104. The van der Waals surface area contributed by atoms with Crippen molar-refractivity contribution in [3.05, 3.63) is 59.2 Å². The van der Waals surface area contributed by atoms with Gasteiger partial charge in [-0.2, -0.15) is 0 Å². The fraction of sp³-hybridized carbons (Fsp3) is 0.400. The van der Waals surface area contributed by atoms with Gasteiger partial charge in [0.05, 0.1) is 0 Å². The molecule has 0 bridgehead atoms. The maximum Gasteiger partial charge on any atom is 0.160 e. The van der Waals surface area contributed by atoms with Crippen molar-refractivity contribution in [3.8, 4) is 11.5 Å². The van der Waals surface area contributed by atoms with Crippen LogP contribution in [0.5, 0.6) is 11.5 Å². The van der Waals surface area contributed by atoms with Gasteiger partial charge in [-0.15, -0.1) is 17.0 Å². The maximum absolute atomic E-state index is 10.2. The van der Waals surface area contributed by atoms with Crippen molar-refractivity contribution in [2.45, 2.75) is 44.2 Å². The van der Waals surface area contributed by atoms with Crippen LogP contribution in [0.4, 0.5) is 0 Å². The molecule has 24 heavy (non-hydrogen) atoms. The van der Waals surface area contributed by atoms with E-state index < -0.39 is 0 Å². The van der Waals surface area contributed by atoms with Crippen molar-refractivity contribution in [3.63, 3.8) is 0 Å². The number of piperidine rings is 1. The summed E-state index contributed by atoms with van der Waals surface area (Å²) >= 11 is 0. The van der Waals surface area contributed by atoms with E-state index in [-0.39, 0.29) is 28.5 Å². The third-order valence-corrected chi connectivity index (χ3v) is 5.51. The number of fused-ring (bicyclic) bond motifs is 3. The SMILES string of the molecule is Br.Oc1ccc2c(c1O)CC[C@H]1[C@@H]2CCCN1Cc1ccccc1. The van der Waals surface area contributed by atoms with Crippen molar-refractivity contribution >= 4 is 17.0 Å². The van der Waals surface area contributed by atoms with Crippen molar-refractivity contribution in [1.82, 2.24) is 4.90 Å². The predicted molar refractivity (Wildman–Crippen MR) is 101 cm³/mol. The standard InChI is InChI=1S/C20H23NO2.BrH/c22-19-11-9-15-16-7-4-12-21(13-14-5-2-1-3-6-14)18(16)10-8-17(15)20(19)23;/h1-3,5-6,9,11,16,18,22-23H,4,7-8,10,12-13H2;1H/t16-,18+;/m1./s1. The number of aromatic hydroxyl groups is 2. The molecule has 0 saturated carbocycles. The molecule has 3 nitrogen and oxygen atoms in total. The van der Waals surface area contributed by atoms with E-state index in [0.717, 1.165) is 31.5 Å². The number of rotatable bonds is 2. The lowest BCUT2D eigenvalue weighted by Gasteiger charge is -2.45. The smallest absolute Gasteiger partial charge is 0.160 e. The minimum absolute atomic E-state index is 0. The number of halogens is 1. The highest BCUT2D eigenvalue weighted by atomic mass is 79.9. The summed E-state index contributed by atoms with van der Waals surface area (Å²) in [6, 6.07) is 14.9. The van der Waals surface area contributed by atoms with Gasteiger partial charge in [-0.25, -0.2) is 0 Å². The summed E-state index contributed by atoms with van der Waals surface area (Å²) in [5, 5.41) is 19.9. The van der Waals surface area contributed by atoms with E-state index >= 15 is 0 Å². The minimum atomic E-state index is 0. The van der Waals surface area contributed by atoms with E-state index in [0.29, 0.717) is 12.0 Å². The molecule has 0 unspecified atom stereocenters. The van der Waals surface area contributed by atoms with Gasteiger partial charge in [0.25, 0.3) is 0 Å². The Morgan fingerprint density at radius 1 is 1.00 bits per heavy atom. The van der Waals surface area contributed by atoms with Crippen LogP contribution in [0.2, 0.25) is 0 Å². The average molecular weight is 390 g/mol. The Morgan fingerprint density at radius 3 is 2.58 bits per heavy atom. The summed E-state index contributed by atoms with van der Waals surface area (Å²) in [4.78, 5) is 2.61. The van der Waals surface area contributed by atoms with Crippen LogP contribution in [0.25, 0.3) is 0 Å². The monoisotopic (exact) mass is 389 g/mol. The predicted octanol–water partition coefficient (Wildman–Crippen LogP) is 4.37. The van der Waals surface area contributed by atoms with E-state index in [4.69, 9.17) is 0 Å². The zero-order valence-electron chi connectivity index (χ0n) is 13.7. The number of nitrogens with zero attached hydrogens (tertiary/aromatic N) is 1. The van der Waals surface area contributed by atoms with Crippen LogP contribution in [0.1, 0.15) is 41.9 Å². The number of likely N-dealkylation sites (tertiary alicyclic amines) is 1. The molecule has 1 aliphatic carbocycles. The number of phenols is 2. The van der Waals surface area contributed by atoms with Crippen LogP contribution >= 0.6 is 17.0 Å². The van der Waals surface area contributed by atoms with Crippen LogP contribution in [0, 0.1) is 0 Å². The molecule has 1 aliphatic heterocycles. The molecular weight excluding hydrogens is 366 g/mol. The second-order valence-corrected chi connectivity index (χ2v) is 6.81. The molecule has 0 radical (unpaired) electrons. The van der Waals surface area contributed by atoms with E-state index in [1.165, 1.54) is 24.0 Å². The summed E-state index contributed by atoms with van der Waals surface area (Å²) < 4.78 is 0. The quantitative estimate of drug-likeness (QED) is 0.749. The van der Waals surface area contributed by atoms with Gasteiger partial charge in [0.15, 0.2) is 11.5 Å². The molecule has 2 atom stereocenters. The van der Waals surface area contributed by atoms with Crippen molar-refractivity contribution < 1.29 is 10.2 Å². The van der Waals surface area contributed by atoms with Crippen LogP contribution in [0.3, 0.4) is 0 Å². The average Bonchev–Trinajstić information content (AvgIpc) is 2.59. The molecule has 1 fully saturated rings. The zero-order valence-corrected chi connectivity index (χ0v) is 15.4. The van der Waals surface area contributed by atoms with Gasteiger partial charge in [-0.3, -0.25) is 4.90 Å². The Hall–Kier alpha value is -1.52. The largest absolute Gasteiger partial charge is 0.504 e. The van der Waals surface area contributed by atoms with E-state index in [1.807, 2.05) is 6.07 Å². The summed E-state index contributed by atoms with van der Waals surface area (Å²) in [7, 11) is 0. The molecule has 0 amide bonds. The lowest BCUT2D eigenvalue weighted by atomic mass is 9.74. The minimum Gasteiger partial charge on any atom is -0.504 e. The van der Waals surface area contributed by atoms with Crippen LogP contribution in [-0.2, 0) is 13.0 Å². The fourth-order valence-electron chi connectivity index (χ4n) is 4.43. The first-order valence-electron chi connectivity index (χ1n) is 8.55. The molecule has 0 spiro atoms. The Labute approximate surface area is 153 Å². The van der Waals surface area contributed by atoms with Gasteiger partial charge >= 0.3 is 0 Å². The molecule has 128 valence electrons. The van der Waals surface area contributed by atoms with Gasteiger partial charge in [0, 0.05) is 18.2 Å². The normalized spacial score (nSPS) is 23.0. The molecule has 2 aliphatic rings. The van der Waals surface area contributed by atoms with Crippen LogP contribution in [-0.4, -0.2) is 27.7 Å². The number of benzene rings is 2. The Balaban J connectivity index is 0.00000169. The molecule has 0 aromatic heterocycles. The van der Waals surface area contributed by atoms with Gasteiger partial charge in [0.2, 0.25) is 0 Å². The summed E-state index contributed by atoms with van der Waals surface area (Å²) in [6.07, 6.45) is 4.27. The Morgan fingerprint density at radius 2 is 1.79 bits per heavy atom. The third-order valence-electron chi connectivity index (χ3n) is 5.51. The van der Waals surface area contributed by atoms with Gasteiger partial charge < -0.3 is 10.2 Å². The summed E-state index contributed by atoms with van der Waals surface area (Å²) in [5.74, 6) is 0.586. The highest BCUT2D eigenvalue weighted by molar-refractivity contribution is 8.93. The second kappa shape index (κ2) is 7.16. The fourth-order valence-corrected chi connectivity index (χ4v) is 4.43. The van der Waals surface area contributed by atoms with Gasteiger partial charge in [-0.1, -0.05) is 36.4 Å². The number of hydrogen-bond acceptors (Lipinski definition) is 3. The first kappa shape index (κ1) is 17.3. The lowest BCUT2D eigenvalue weighted by Crippen LogP contribution is -2.45. The summed E-state index contributed by atoms with van der Waals surface area (Å²) in [5.41, 5.74) is 3.58. The van der Waals surface area contributed by atoms with Gasteiger partial charge in [0.1, 0.15) is 0 Å². The first-order chi connectivity index (χ1) is 11.2. The molecule has 4 heteroatoms. The third kappa shape index (κ3) is 3.05. The highest BCUT2D eigenvalue weighted by Gasteiger charge is 2.37. The molecule has 2 aromatic carbocycles. The molecular formula is C20H24BrNO2. The number of hydrogen-bond donors (Lipinski definition) is 2. The van der Waals surface area contributed by atoms with E-state index in [2.05, 4.69) is 35.2 Å². The van der Waals surface area contributed by atoms with Crippen molar-refractivity contribution in [1.29, 1.82) is 0 Å². The maximum atomic E-state index is 10.2. The first-order valence-corrected chi connectivity index (χ1v) is 8.55. The van der Waals surface area contributed by atoms with E-state index in [9.17, 15) is 10.2 Å². The van der Waals surface area contributed by atoms with Crippen LogP contribution < -0.4 is 0 Å².